The van der Waals surface area contributed by atoms with Crippen LogP contribution in [0.1, 0.15) is 40.2 Å². The van der Waals surface area contributed by atoms with Crippen molar-refractivity contribution in [3.8, 4) is 5.75 Å². The fourth-order valence-corrected chi connectivity index (χ4v) is 5.60. The van der Waals surface area contributed by atoms with E-state index in [4.69, 9.17) is 4.74 Å². The van der Waals surface area contributed by atoms with Gasteiger partial charge >= 0.3 is 0 Å². The third kappa shape index (κ3) is 8.78. The maximum atomic E-state index is 13.9. The molecule has 1 N–H and O–H groups in total. The molecule has 0 saturated carbocycles. The summed E-state index contributed by atoms with van der Waals surface area (Å²) in [5.74, 6) is -0.956. The summed E-state index contributed by atoms with van der Waals surface area (Å²) in [6, 6.07) is 19.4. The van der Waals surface area contributed by atoms with Crippen molar-refractivity contribution < 1.29 is 27.1 Å². The molecule has 0 spiro atoms. The second-order valence-electron chi connectivity index (χ2n) is 10.6. The van der Waals surface area contributed by atoms with Crippen LogP contribution in [0, 0.1) is 5.82 Å². The van der Waals surface area contributed by atoms with Gasteiger partial charge in [0.15, 0.2) is 0 Å². The average Bonchev–Trinajstić information content (AvgIpc) is 2.92. The number of nitrogens with zero attached hydrogens (tertiary/aromatic N) is 2. The van der Waals surface area contributed by atoms with Crippen LogP contribution in [0.15, 0.2) is 83.8 Å². The molecular formula is C31H38FN3O5S. The molecule has 0 heterocycles. The zero-order valence-electron chi connectivity index (χ0n) is 24.1. The summed E-state index contributed by atoms with van der Waals surface area (Å²) < 4.78 is 47.7. The minimum Gasteiger partial charge on any atom is -0.494 e. The van der Waals surface area contributed by atoms with E-state index in [0.29, 0.717) is 18.8 Å². The molecule has 0 unspecified atom stereocenters. The quantitative estimate of drug-likeness (QED) is 0.331. The number of anilines is 1. The van der Waals surface area contributed by atoms with Gasteiger partial charge in [-0.2, -0.15) is 0 Å². The number of rotatable bonds is 12. The molecule has 3 aromatic rings. The summed E-state index contributed by atoms with van der Waals surface area (Å²) in [5, 5.41) is 2.90. The molecule has 0 saturated heterocycles. The van der Waals surface area contributed by atoms with Crippen molar-refractivity contribution in [2.24, 2.45) is 0 Å². The highest BCUT2D eigenvalue weighted by Gasteiger charge is 2.33. The number of carbonyl (C=O) groups excluding carboxylic acids is 2. The monoisotopic (exact) mass is 583 g/mol. The zero-order valence-corrected chi connectivity index (χ0v) is 24.9. The maximum Gasteiger partial charge on any atom is 0.264 e. The molecule has 3 aromatic carbocycles. The molecule has 8 nitrogen and oxygen atoms in total. The molecule has 41 heavy (non-hydrogen) atoms. The van der Waals surface area contributed by atoms with Gasteiger partial charge in [0.1, 0.15) is 24.2 Å². The van der Waals surface area contributed by atoms with Crippen LogP contribution < -0.4 is 14.4 Å². The second kappa shape index (κ2) is 13.6. The number of carbonyl (C=O) groups is 2. The molecule has 10 heteroatoms. The Morgan fingerprint density at radius 3 is 2.12 bits per heavy atom. The Morgan fingerprint density at radius 2 is 1.56 bits per heavy atom. The van der Waals surface area contributed by atoms with Gasteiger partial charge in [0.2, 0.25) is 11.8 Å². The fraction of sp³-hybridized carbons (Fsp3) is 0.355. The van der Waals surface area contributed by atoms with Crippen LogP contribution in [0.4, 0.5) is 10.1 Å². The minimum absolute atomic E-state index is 0.171. The molecule has 2 amide bonds. The van der Waals surface area contributed by atoms with E-state index in [2.05, 4.69) is 5.32 Å². The van der Waals surface area contributed by atoms with Crippen LogP contribution in [-0.4, -0.2) is 56.4 Å². The van der Waals surface area contributed by atoms with E-state index >= 15 is 0 Å². The van der Waals surface area contributed by atoms with E-state index in [1.165, 1.54) is 4.90 Å². The topological polar surface area (TPSA) is 96.0 Å². The summed E-state index contributed by atoms with van der Waals surface area (Å²) >= 11 is 0. The minimum atomic E-state index is -4.29. The Labute approximate surface area is 242 Å². The van der Waals surface area contributed by atoms with Gasteiger partial charge in [0.25, 0.3) is 10.0 Å². The molecule has 0 fully saturated rings. The first-order valence-electron chi connectivity index (χ1n) is 13.5. The van der Waals surface area contributed by atoms with Crippen molar-refractivity contribution in [3.63, 3.8) is 0 Å². The van der Waals surface area contributed by atoms with Gasteiger partial charge < -0.3 is 15.0 Å². The van der Waals surface area contributed by atoms with Crippen LogP contribution >= 0.6 is 0 Å². The lowest BCUT2D eigenvalue weighted by molar-refractivity contribution is -0.139. The number of nitrogens with one attached hydrogen (secondary N) is 1. The van der Waals surface area contributed by atoms with Gasteiger partial charge in [-0.25, -0.2) is 12.8 Å². The summed E-state index contributed by atoms with van der Waals surface area (Å²) in [4.78, 5) is 28.3. The van der Waals surface area contributed by atoms with Gasteiger partial charge in [-0.1, -0.05) is 30.3 Å². The third-order valence-corrected chi connectivity index (χ3v) is 8.05. The number of benzene rings is 3. The first-order chi connectivity index (χ1) is 19.3. The number of hydrogen-bond acceptors (Lipinski definition) is 5. The lowest BCUT2D eigenvalue weighted by atomic mass is 10.1. The van der Waals surface area contributed by atoms with E-state index < -0.39 is 39.9 Å². The van der Waals surface area contributed by atoms with E-state index in [0.717, 1.165) is 34.1 Å². The first-order valence-corrected chi connectivity index (χ1v) is 14.9. The summed E-state index contributed by atoms with van der Waals surface area (Å²) in [6.45, 7) is 9.04. The molecule has 220 valence electrons. The molecule has 0 radical (unpaired) electrons. The molecule has 0 aliphatic heterocycles. The molecule has 3 rings (SSSR count). The van der Waals surface area contributed by atoms with E-state index in [-0.39, 0.29) is 23.0 Å². The van der Waals surface area contributed by atoms with Crippen molar-refractivity contribution >= 4 is 27.5 Å². The highest BCUT2D eigenvalue weighted by Crippen LogP contribution is 2.26. The number of sulfonamides is 1. The van der Waals surface area contributed by atoms with Crippen LogP contribution in [0.2, 0.25) is 0 Å². The van der Waals surface area contributed by atoms with Crippen molar-refractivity contribution in [1.29, 1.82) is 0 Å². The van der Waals surface area contributed by atoms with Crippen molar-refractivity contribution in [1.82, 2.24) is 10.2 Å². The van der Waals surface area contributed by atoms with Crippen molar-refractivity contribution in [2.45, 2.75) is 57.5 Å². The second-order valence-corrected chi connectivity index (χ2v) is 12.5. The molecule has 0 aliphatic carbocycles. The normalized spacial score (nSPS) is 12.3. The number of ether oxygens (including phenoxy) is 1. The van der Waals surface area contributed by atoms with Crippen molar-refractivity contribution in [3.05, 3.63) is 90.2 Å². The number of halogens is 1. The van der Waals surface area contributed by atoms with Gasteiger partial charge in [0.05, 0.1) is 17.2 Å². The third-order valence-electron chi connectivity index (χ3n) is 6.27. The smallest absolute Gasteiger partial charge is 0.264 e. The van der Waals surface area contributed by atoms with Gasteiger partial charge in [-0.3, -0.25) is 13.9 Å². The molecule has 0 aromatic heterocycles. The first kappa shape index (κ1) is 31.6. The van der Waals surface area contributed by atoms with E-state index in [1.54, 1.807) is 31.2 Å². The van der Waals surface area contributed by atoms with E-state index in [9.17, 15) is 22.4 Å². The standard InChI is InChI=1S/C31H38FN3O5S/c1-6-40-27-16-14-26(15-17-27)35(41(38,39)28-18-12-25(32)13-19-28)22-29(36)34(21-20-24-10-8-7-9-11-24)23(2)30(37)33-31(3,4)5/h7-19,23H,6,20-22H2,1-5H3,(H,33,37)/t23-/m1/s1. The summed E-state index contributed by atoms with van der Waals surface area (Å²) in [6.07, 6.45) is 0.466. The zero-order chi connectivity index (χ0) is 30.2. The van der Waals surface area contributed by atoms with Crippen LogP contribution in [0.5, 0.6) is 5.75 Å². The molecule has 0 aliphatic rings. The number of hydrogen-bond donors (Lipinski definition) is 1. The van der Waals surface area contributed by atoms with Crippen LogP contribution in [-0.2, 0) is 26.0 Å². The Morgan fingerprint density at radius 1 is 0.951 bits per heavy atom. The highest BCUT2D eigenvalue weighted by molar-refractivity contribution is 7.92. The lowest BCUT2D eigenvalue weighted by Crippen LogP contribution is -2.55. The maximum absolute atomic E-state index is 13.9. The Hall–Kier alpha value is -3.92. The van der Waals surface area contributed by atoms with Gasteiger partial charge in [-0.15, -0.1) is 0 Å². The van der Waals surface area contributed by atoms with Gasteiger partial charge in [-0.05, 0) is 95.1 Å². The van der Waals surface area contributed by atoms with Crippen LogP contribution in [0.3, 0.4) is 0 Å². The molecule has 1 atom stereocenters. The SMILES string of the molecule is CCOc1ccc(N(CC(=O)N(CCc2ccccc2)[C@H](C)C(=O)NC(C)(C)C)S(=O)(=O)c2ccc(F)cc2)cc1. The Balaban J connectivity index is 1.99. The fourth-order valence-electron chi connectivity index (χ4n) is 4.18. The largest absolute Gasteiger partial charge is 0.494 e. The predicted molar refractivity (Wildman–Crippen MR) is 158 cm³/mol. The highest BCUT2D eigenvalue weighted by atomic mass is 32.2. The summed E-state index contributed by atoms with van der Waals surface area (Å²) in [5.41, 5.74) is 0.664. The summed E-state index contributed by atoms with van der Waals surface area (Å²) in [7, 11) is -4.29. The Kier molecular flexibility index (Phi) is 10.5. The van der Waals surface area contributed by atoms with Crippen LogP contribution in [0.25, 0.3) is 0 Å². The molecule has 0 bridgehead atoms. The van der Waals surface area contributed by atoms with E-state index in [1.807, 2.05) is 58.0 Å². The lowest BCUT2D eigenvalue weighted by Gasteiger charge is -2.33. The number of amides is 2. The molecular weight excluding hydrogens is 545 g/mol. The predicted octanol–water partition coefficient (Wildman–Crippen LogP) is 4.79. The van der Waals surface area contributed by atoms with Gasteiger partial charge in [0, 0.05) is 12.1 Å². The average molecular weight is 584 g/mol. The Bertz CT molecular complexity index is 1410. The van der Waals surface area contributed by atoms with Crippen molar-refractivity contribution in [2.75, 3.05) is 24.0 Å².